The van der Waals surface area contributed by atoms with Gasteiger partial charge >= 0.3 is 5.76 Å². The quantitative estimate of drug-likeness (QED) is 0.863. The molecule has 4 nitrogen and oxygen atoms in total. The topological polar surface area (TPSA) is 63.2 Å². The minimum Gasteiger partial charge on any atom is -0.321 e. The molecular formula is C14H9Cl2F2NO3S. The van der Waals surface area contributed by atoms with Crippen LogP contribution < -0.4 is 5.32 Å². The number of hydrogen-bond donors (Lipinski definition) is 1. The van der Waals surface area contributed by atoms with Gasteiger partial charge in [0.15, 0.2) is 0 Å². The van der Waals surface area contributed by atoms with Gasteiger partial charge < -0.3 is 5.32 Å². The van der Waals surface area contributed by atoms with Crippen LogP contribution in [0.3, 0.4) is 0 Å². The molecule has 2 rings (SSSR count). The van der Waals surface area contributed by atoms with Crippen LogP contribution in [-0.4, -0.2) is 20.1 Å². The highest BCUT2D eigenvalue weighted by Gasteiger charge is 2.26. The van der Waals surface area contributed by atoms with Gasteiger partial charge in [0.25, 0.3) is 5.91 Å². The van der Waals surface area contributed by atoms with Gasteiger partial charge in [0, 0.05) is 5.56 Å². The summed E-state index contributed by atoms with van der Waals surface area (Å²) in [5.74, 6) is -4.11. The first-order chi connectivity index (χ1) is 10.7. The summed E-state index contributed by atoms with van der Waals surface area (Å²) >= 11 is 11.8. The van der Waals surface area contributed by atoms with Crippen LogP contribution >= 0.6 is 23.2 Å². The number of benzene rings is 2. The van der Waals surface area contributed by atoms with Crippen LogP contribution in [-0.2, 0) is 9.84 Å². The zero-order chi connectivity index (χ0) is 17.2. The highest BCUT2D eigenvalue weighted by atomic mass is 35.5. The lowest BCUT2D eigenvalue weighted by Crippen LogP contribution is -2.14. The Balaban J connectivity index is 2.23. The molecule has 0 aliphatic carbocycles. The summed E-state index contributed by atoms with van der Waals surface area (Å²) in [5.41, 5.74) is 0.350. The van der Waals surface area contributed by atoms with Crippen LogP contribution in [0.4, 0.5) is 14.5 Å². The number of rotatable bonds is 4. The van der Waals surface area contributed by atoms with E-state index >= 15 is 0 Å². The highest BCUT2D eigenvalue weighted by Crippen LogP contribution is 2.30. The molecule has 0 fully saturated rings. The zero-order valence-corrected chi connectivity index (χ0v) is 13.6. The van der Waals surface area contributed by atoms with Crippen LogP contribution in [0, 0.1) is 0 Å². The molecule has 0 atom stereocenters. The Kier molecular flexibility index (Phi) is 5.23. The SMILES string of the molecule is O=C(Nc1cccc(Cl)c1Cl)c1ccc(S(=O)(=O)C(F)F)cc1. The summed E-state index contributed by atoms with van der Waals surface area (Å²) in [6, 6.07) is 8.80. The Labute approximate surface area is 140 Å². The number of hydrogen-bond acceptors (Lipinski definition) is 3. The van der Waals surface area contributed by atoms with Crippen molar-refractivity contribution in [2.45, 2.75) is 10.7 Å². The Hall–Kier alpha value is -1.70. The van der Waals surface area contributed by atoms with Gasteiger partial charge in [0.1, 0.15) is 0 Å². The normalized spacial score (nSPS) is 11.5. The largest absolute Gasteiger partial charge is 0.341 e. The molecule has 0 radical (unpaired) electrons. The second kappa shape index (κ2) is 6.82. The van der Waals surface area contributed by atoms with Crippen molar-refractivity contribution in [3.8, 4) is 0 Å². The maximum Gasteiger partial charge on any atom is 0.341 e. The number of halogens is 4. The number of alkyl halides is 2. The molecule has 0 aliphatic rings. The second-order valence-corrected chi connectivity index (χ2v) is 7.09. The fourth-order valence-corrected chi connectivity index (χ4v) is 2.76. The number of carbonyl (C=O) groups is 1. The van der Waals surface area contributed by atoms with E-state index in [1.165, 1.54) is 6.07 Å². The van der Waals surface area contributed by atoms with Gasteiger partial charge in [0.05, 0.1) is 20.6 Å². The molecule has 1 amide bonds. The molecule has 0 aliphatic heterocycles. The molecule has 0 bridgehead atoms. The number of carbonyl (C=O) groups excluding carboxylic acids is 1. The van der Waals surface area contributed by atoms with E-state index in [1.54, 1.807) is 12.1 Å². The molecule has 2 aromatic carbocycles. The third-order valence-corrected chi connectivity index (χ3v) is 5.10. The van der Waals surface area contributed by atoms with Crippen LogP contribution in [0.1, 0.15) is 10.4 Å². The first-order valence-corrected chi connectivity index (χ1v) is 8.41. The molecule has 122 valence electrons. The van der Waals surface area contributed by atoms with Crippen molar-refractivity contribution in [3.63, 3.8) is 0 Å². The average Bonchev–Trinajstić information content (AvgIpc) is 2.51. The van der Waals surface area contributed by atoms with Crippen molar-refractivity contribution < 1.29 is 22.0 Å². The molecule has 0 saturated carbocycles. The fourth-order valence-electron chi connectivity index (χ4n) is 1.69. The molecule has 0 saturated heterocycles. The molecular weight excluding hydrogens is 371 g/mol. The summed E-state index contributed by atoms with van der Waals surface area (Å²) in [6.07, 6.45) is 0. The highest BCUT2D eigenvalue weighted by molar-refractivity contribution is 7.91. The molecule has 0 unspecified atom stereocenters. The predicted molar refractivity (Wildman–Crippen MR) is 84.0 cm³/mol. The van der Waals surface area contributed by atoms with Gasteiger partial charge in [-0.1, -0.05) is 29.3 Å². The van der Waals surface area contributed by atoms with Gasteiger partial charge in [-0.05, 0) is 36.4 Å². The molecule has 9 heteroatoms. The lowest BCUT2D eigenvalue weighted by Gasteiger charge is -2.09. The van der Waals surface area contributed by atoms with Crippen LogP contribution in [0.5, 0.6) is 0 Å². The smallest absolute Gasteiger partial charge is 0.321 e. The third-order valence-electron chi connectivity index (χ3n) is 2.88. The van der Waals surface area contributed by atoms with E-state index in [2.05, 4.69) is 5.32 Å². The number of amides is 1. The summed E-state index contributed by atoms with van der Waals surface area (Å²) < 4.78 is 47.5. The third kappa shape index (κ3) is 3.80. The van der Waals surface area contributed by atoms with Crippen LogP contribution in [0.15, 0.2) is 47.4 Å². The monoisotopic (exact) mass is 379 g/mol. The zero-order valence-electron chi connectivity index (χ0n) is 11.3. The Bertz CT molecular complexity index is 840. The molecule has 0 aromatic heterocycles. The van der Waals surface area contributed by atoms with Gasteiger partial charge in [-0.25, -0.2) is 8.42 Å². The maximum absolute atomic E-state index is 12.4. The van der Waals surface area contributed by atoms with E-state index in [0.29, 0.717) is 0 Å². The Morgan fingerprint density at radius 3 is 2.22 bits per heavy atom. The number of anilines is 1. The minimum atomic E-state index is -4.69. The summed E-state index contributed by atoms with van der Waals surface area (Å²) in [4.78, 5) is 11.5. The lowest BCUT2D eigenvalue weighted by molar-refractivity contribution is 0.102. The first-order valence-electron chi connectivity index (χ1n) is 6.11. The van der Waals surface area contributed by atoms with Crippen LogP contribution in [0.2, 0.25) is 10.0 Å². The molecule has 2 aromatic rings. The standard InChI is InChI=1S/C14H9Cl2F2NO3S/c15-10-2-1-3-11(12(10)16)19-13(20)8-4-6-9(7-5-8)23(21,22)14(17)18/h1-7,14H,(H,19,20). The summed E-state index contributed by atoms with van der Waals surface area (Å²) in [5, 5.41) is 2.90. The average molecular weight is 380 g/mol. The van der Waals surface area contributed by atoms with Crippen molar-refractivity contribution in [1.82, 2.24) is 0 Å². The number of sulfone groups is 1. The lowest BCUT2D eigenvalue weighted by atomic mass is 10.2. The van der Waals surface area contributed by atoms with Gasteiger partial charge in [-0.2, -0.15) is 8.78 Å². The first kappa shape index (κ1) is 17.7. The van der Waals surface area contributed by atoms with Crippen molar-refractivity contribution in [2.75, 3.05) is 5.32 Å². The van der Waals surface area contributed by atoms with Crippen LogP contribution in [0.25, 0.3) is 0 Å². The molecule has 23 heavy (non-hydrogen) atoms. The van der Waals surface area contributed by atoms with E-state index < -0.39 is 26.4 Å². The summed E-state index contributed by atoms with van der Waals surface area (Å²) in [7, 11) is -4.69. The van der Waals surface area contributed by atoms with Gasteiger partial charge in [0.2, 0.25) is 9.84 Å². The summed E-state index contributed by atoms with van der Waals surface area (Å²) in [6.45, 7) is 0. The molecule has 0 spiro atoms. The van der Waals surface area contributed by atoms with E-state index in [-0.39, 0.29) is 21.3 Å². The van der Waals surface area contributed by atoms with Crippen molar-refractivity contribution in [1.29, 1.82) is 0 Å². The Morgan fingerprint density at radius 2 is 1.65 bits per heavy atom. The van der Waals surface area contributed by atoms with Crippen molar-refractivity contribution in [2.24, 2.45) is 0 Å². The minimum absolute atomic E-state index is 0.0780. The maximum atomic E-state index is 12.4. The van der Waals surface area contributed by atoms with E-state index in [1.807, 2.05) is 0 Å². The van der Waals surface area contributed by atoms with E-state index in [4.69, 9.17) is 23.2 Å². The predicted octanol–water partition coefficient (Wildman–Crippen LogP) is 4.24. The number of nitrogens with one attached hydrogen (secondary N) is 1. The van der Waals surface area contributed by atoms with E-state index in [9.17, 15) is 22.0 Å². The van der Waals surface area contributed by atoms with E-state index in [0.717, 1.165) is 24.3 Å². The van der Waals surface area contributed by atoms with Crippen molar-refractivity contribution >= 4 is 44.6 Å². The molecule has 1 N–H and O–H groups in total. The van der Waals surface area contributed by atoms with Gasteiger partial charge in [-0.15, -0.1) is 0 Å². The van der Waals surface area contributed by atoms with Gasteiger partial charge in [-0.3, -0.25) is 4.79 Å². The fraction of sp³-hybridized carbons (Fsp3) is 0.0714. The second-order valence-electron chi connectivity index (χ2n) is 4.39. The molecule has 0 heterocycles. The Morgan fingerprint density at radius 1 is 1.04 bits per heavy atom. The van der Waals surface area contributed by atoms with Crippen molar-refractivity contribution in [3.05, 3.63) is 58.1 Å².